The van der Waals surface area contributed by atoms with Crippen LogP contribution in [0.1, 0.15) is 27.5 Å². The number of hydrogen-bond donors (Lipinski definition) is 3. The van der Waals surface area contributed by atoms with E-state index in [1.54, 1.807) is 18.2 Å². The minimum absolute atomic E-state index is 0.128. The van der Waals surface area contributed by atoms with Gasteiger partial charge < -0.3 is 29.6 Å². The van der Waals surface area contributed by atoms with Crippen LogP contribution in [0, 0.1) is 0 Å². The topological polar surface area (TPSA) is 145 Å². The average Bonchev–Trinajstić information content (AvgIpc) is 3.55. The van der Waals surface area contributed by atoms with Gasteiger partial charge in [0.05, 0.1) is 30.4 Å². The molecule has 12 heteroatoms. The Morgan fingerprint density at radius 1 is 1.19 bits per heavy atom. The van der Waals surface area contributed by atoms with Gasteiger partial charge in [0.15, 0.2) is 5.60 Å². The number of anilines is 3. The monoisotopic (exact) mass is 506 g/mol. The fourth-order valence-electron chi connectivity index (χ4n) is 4.16. The Morgan fingerprint density at radius 3 is 2.73 bits per heavy atom. The molecule has 0 fully saturated rings. The summed E-state index contributed by atoms with van der Waals surface area (Å²) < 4.78 is 29.8. The molecular weight excluding hydrogens is 483 g/mol. The highest BCUT2D eigenvalue weighted by Crippen LogP contribution is 2.39. The van der Waals surface area contributed by atoms with Crippen LogP contribution in [0.2, 0.25) is 0 Å². The fourth-order valence-corrected chi connectivity index (χ4v) is 4.16. The van der Waals surface area contributed by atoms with E-state index in [-0.39, 0.29) is 30.6 Å². The van der Waals surface area contributed by atoms with Crippen LogP contribution in [0.15, 0.2) is 65.5 Å². The standard InChI is InChI=1S/C25H23FN6O5/c1-35-13-25(12-26)19-9-16(7-8-17(19)23(34)37-25)29-24-27-10-18(22-32-28-14-36-22)21(31-24)30-20(11-33)15-5-3-2-4-6-15/h2-10,14,20,33H,11-13H2,1H3,(H2,27,29,30,31)/t20-,25?/m1/s1. The summed E-state index contributed by atoms with van der Waals surface area (Å²) in [7, 11) is 1.41. The van der Waals surface area contributed by atoms with Gasteiger partial charge in [-0.1, -0.05) is 30.3 Å². The second kappa shape index (κ2) is 10.3. The SMILES string of the molecule is COCC1(CF)OC(=O)c2ccc(Nc3ncc(-c4nnco4)c(N[C@H](CO)c4ccccc4)n3)cc21. The molecule has 0 aliphatic carbocycles. The number of halogens is 1. The Labute approximate surface area is 210 Å². The molecule has 0 radical (unpaired) electrons. The van der Waals surface area contributed by atoms with E-state index < -0.39 is 24.3 Å². The van der Waals surface area contributed by atoms with Crippen molar-refractivity contribution in [1.82, 2.24) is 20.2 Å². The molecule has 2 atom stereocenters. The van der Waals surface area contributed by atoms with Crippen LogP contribution in [-0.2, 0) is 15.1 Å². The van der Waals surface area contributed by atoms with E-state index >= 15 is 0 Å². The number of benzene rings is 2. The Kier molecular flexibility index (Phi) is 6.75. The number of alkyl halides is 1. The van der Waals surface area contributed by atoms with Crippen molar-refractivity contribution in [2.45, 2.75) is 11.6 Å². The lowest BCUT2D eigenvalue weighted by molar-refractivity contribution is -0.0615. The molecule has 0 amide bonds. The number of fused-ring (bicyclic) bond motifs is 1. The normalized spacial score (nSPS) is 17.2. The number of cyclic esters (lactones) is 1. The number of nitrogens with zero attached hydrogens (tertiary/aromatic N) is 4. The third-order valence-corrected chi connectivity index (χ3v) is 5.94. The molecule has 5 rings (SSSR count). The summed E-state index contributed by atoms with van der Waals surface area (Å²) in [5.74, 6) is 0.109. The average molecular weight is 506 g/mol. The number of rotatable bonds is 10. The lowest BCUT2D eigenvalue weighted by Gasteiger charge is -2.24. The molecule has 2 aromatic carbocycles. The summed E-state index contributed by atoms with van der Waals surface area (Å²) in [5, 5.41) is 24.0. The lowest BCUT2D eigenvalue weighted by atomic mass is 9.93. The molecular formula is C25H23FN6O5. The summed E-state index contributed by atoms with van der Waals surface area (Å²) >= 11 is 0. The lowest BCUT2D eigenvalue weighted by Crippen LogP contribution is -2.34. The molecule has 0 spiro atoms. The molecule has 11 nitrogen and oxygen atoms in total. The van der Waals surface area contributed by atoms with Gasteiger partial charge in [-0.3, -0.25) is 0 Å². The second-order valence-corrected chi connectivity index (χ2v) is 8.33. The molecule has 4 aromatic rings. The van der Waals surface area contributed by atoms with Gasteiger partial charge in [0, 0.05) is 24.6 Å². The van der Waals surface area contributed by atoms with E-state index in [1.165, 1.54) is 19.7 Å². The second-order valence-electron chi connectivity index (χ2n) is 8.33. The molecule has 0 bridgehead atoms. The predicted octanol–water partition coefficient (Wildman–Crippen LogP) is 3.40. The van der Waals surface area contributed by atoms with Crippen molar-refractivity contribution in [1.29, 1.82) is 0 Å². The number of methoxy groups -OCH3 is 1. The maximum absolute atomic E-state index is 14.0. The van der Waals surface area contributed by atoms with Crippen LogP contribution in [0.5, 0.6) is 0 Å². The van der Waals surface area contributed by atoms with Crippen molar-refractivity contribution in [3.05, 3.63) is 77.8 Å². The first-order valence-corrected chi connectivity index (χ1v) is 11.3. The van der Waals surface area contributed by atoms with Crippen molar-refractivity contribution in [2.75, 3.05) is 37.6 Å². The predicted molar refractivity (Wildman–Crippen MR) is 130 cm³/mol. The Bertz CT molecular complexity index is 1390. The highest BCUT2D eigenvalue weighted by molar-refractivity contribution is 5.95. The molecule has 0 saturated heterocycles. The number of nitrogens with one attached hydrogen (secondary N) is 2. The zero-order valence-electron chi connectivity index (χ0n) is 19.7. The van der Waals surface area contributed by atoms with E-state index in [4.69, 9.17) is 13.9 Å². The van der Waals surface area contributed by atoms with E-state index in [2.05, 4.69) is 30.8 Å². The van der Waals surface area contributed by atoms with Crippen LogP contribution in [0.4, 0.5) is 21.8 Å². The highest BCUT2D eigenvalue weighted by atomic mass is 19.1. The highest BCUT2D eigenvalue weighted by Gasteiger charge is 2.46. The number of carbonyl (C=O) groups excluding carboxylic acids is 1. The Hall–Kier alpha value is -4.42. The van der Waals surface area contributed by atoms with Crippen LogP contribution >= 0.6 is 0 Å². The van der Waals surface area contributed by atoms with E-state index in [1.807, 2.05) is 30.3 Å². The summed E-state index contributed by atoms with van der Waals surface area (Å²) in [6.07, 6.45) is 2.69. The van der Waals surface area contributed by atoms with Crippen LogP contribution in [0.3, 0.4) is 0 Å². The third-order valence-electron chi connectivity index (χ3n) is 5.94. The van der Waals surface area contributed by atoms with Crippen molar-refractivity contribution >= 4 is 23.4 Å². The summed E-state index contributed by atoms with van der Waals surface area (Å²) in [6, 6.07) is 13.7. The quantitative estimate of drug-likeness (QED) is 0.272. The fraction of sp³-hybridized carbons (Fsp3) is 0.240. The maximum Gasteiger partial charge on any atom is 0.339 e. The number of esters is 1. The van der Waals surface area contributed by atoms with E-state index in [0.717, 1.165) is 5.56 Å². The van der Waals surface area contributed by atoms with Gasteiger partial charge in [0.25, 0.3) is 5.89 Å². The zero-order valence-corrected chi connectivity index (χ0v) is 19.7. The van der Waals surface area contributed by atoms with E-state index in [9.17, 15) is 14.3 Å². The molecule has 1 aliphatic heterocycles. The first-order chi connectivity index (χ1) is 18.1. The minimum atomic E-state index is -1.52. The number of carbonyl (C=O) groups is 1. The van der Waals surface area contributed by atoms with E-state index in [0.29, 0.717) is 22.6 Å². The summed E-state index contributed by atoms with van der Waals surface area (Å²) in [5.41, 5.74) is 0.906. The minimum Gasteiger partial charge on any atom is -0.445 e. The summed E-state index contributed by atoms with van der Waals surface area (Å²) in [4.78, 5) is 21.2. The first-order valence-electron chi connectivity index (χ1n) is 11.3. The number of ether oxygens (including phenoxy) is 2. The largest absolute Gasteiger partial charge is 0.445 e. The van der Waals surface area contributed by atoms with Crippen LogP contribution < -0.4 is 10.6 Å². The third kappa shape index (κ3) is 4.71. The number of hydrogen-bond acceptors (Lipinski definition) is 11. The van der Waals surface area contributed by atoms with Gasteiger partial charge in [-0.05, 0) is 23.8 Å². The maximum atomic E-state index is 14.0. The van der Waals surface area contributed by atoms with Crippen molar-refractivity contribution < 1.29 is 28.2 Å². The van der Waals surface area contributed by atoms with Gasteiger partial charge in [0.2, 0.25) is 12.3 Å². The molecule has 37 heavy (non-hydrogen) atoms. The van der Waals surface area contributed by atoms with Crippen molar-refractivity contribution in [3.63, 3.8) is 0 Å². The smallest absolute Gasteiger partial charge is 0.339 e. The Morgan fingerprint density at radius 2 is 2.03 bits per heavy atom. The summed E-state index contributed by atoms with van der Waals surface area (Å²) in [6.45, 7) is -1.27. The molecule has 3 heterocycles. The van der Waals surface area contributed by atoms with Crippen molar-refractivity contribution in [2.24, 2.45) is 0 Å². The number of aromatic nitrogens is 4. The molecule has 0 saturated carbocycles. The Balaban J connectivity index is 1.48. The van der Waals surface area contributed by atoms with Crippen molar-refractivity contribution in [3.8, 4) is 11.5 Å². The molecule has 3 N–H and O–H groups in total. The van der Waals surface area contributed by atoms with Crippen LogP contribution in [-0.4, -0.2) is 58.2 Å². The van der Waals surface area contributed by atoms with Crippen LogP contribution in [0.25, 0.3) is 11.5 Å². The number of aliphatic hydroxyl groups excluding tert-OH is 1. The van der Waals surface area contributed by atoms with Gasteiger partial charge in [-0.2, -0.15) is 4.98 Å². The van der Waals surface area contributed by atoms with Gasteiger partial charge in [-0.25, -0.2) is 14.2 Å². The van der Waals surface area contributed by atoms with Gasteiger partial charge in [0.1, 0.15) is 12.5 Å². The number of aliphatic hydroxyl groups is 1. The first kappa shape index (κ1) is 24.3. The molecule has 1 aliphatic rings. The van der Waals surface area contributed by atoms with Gasteiger partial charge in [-0.15, -0.1) is 10.2 Å². The zero-order chi connectivity index (χ0) is 25.8. The van der Waals surface area contributed by atoms with Gasteiger partial charge >= 0.3 is 5.97 Å². The molecule has 2 aromatic heterocycles. The molecule has 1 unspecified atom stereocenters. The molecule has 190 valence electrons.